The fourth-order valence-electron chi connectivity index (χ4n) is 1.70. The van der Waals surface area contributed by atoms with Crippen molar-refractivity contribution >= 4 is 26.7 Å². The summed E-state index contributed by atoms with van der Waals surface area (Å²) in [6, 6.07) is 5.05. The van der Waals surface area contributed by atoms with E-state index in [0.29, 0.717) is 16.2 Å². The van der Waals surface area contributed by atoms with E-state index in [4.69, 9.17) is 10.3 Å². The minimum Gasteiger partial charge on any atom is -0.375 e. The van der Waals surface area contributed by atoms with Crippen LogP contribution in [0.3, 0.4) is 0 Å². The zero-order valence-electron chi connectivity index (χ0n) is 9.81. The van der Waals surface area contributed by atoms with Gasteiger partial charge in [-0.2, -0.15) is 18.2 Å². The van der Waals surface area contributed by atoms with Crippen molar-refractivity contribution in [2.75, 3.05) is 5.73 Å². The number of thiazole rings is 1. The number of nitrogen functional groups attached to an aromatic ring is 1. The number of alkyl halides is 3. The van der Waals surface area contributed by atoms with Crippen LogP contribution in [0.4, 0.5) is 18.3 Å². The summed E-state index contributed by atoms with van der Waals surface area (Å²) in [5.74, 6) is -0.352. The van der Waals surface area contributed by atoms with Gasteiger partial charge in [-0.1, -0.05) is 16.5 Å². The van der Waals surface area contributed by atoms with Crippen molar-refractivity contribution in [1.82, 2.24) is 15.1 Å². The smallest absolute Gasteiger partial charge is 0.375 e. The fraction of sp³-hybridized carbons (Fsp3) is 0.182. The molecule has 1 aromatic carbocycles. The molecule has 0 saturated carbocycles. The lowest BCUT2D eigenvalue weighted by Gasteiger charge is -1.99. The van der Waals surface area contributed by atoms with E-state index in [1.807, 2.05) is 0 Å². The molecule has 20 heavy (non-hydrogen) atoms. The van der Waals surface area contributed by atoms with E-state index in [1.54, 1.807) is 18.2 Å². The molecule has 2 heterocycles. The average molecular weight is 300 g/mol. The van der Waals surface area contributed by atoms with E-state index >= 15 is 0 Å². The first-order valence-electron chi connectivity index (χ1n) is 5.46. The Morgan fingerprint density at radius 3 is 2.80 bits per heavy atom. The Balaban J connectivity index is 1.94. The van der Waals surface area contributed by atoms with Gasteiger partial charge in [0.1, 0.15) is 6.42 Å². The number of anilines is 1. The molecule has 3 aromatic rings. The zero-order chi connectivity index (χ0) is 14.3. The van der Waals surface area contributed by atoms with Crippen molar-refractivity contribution in [3.05, 3.63) is 24.0 Å². The summed E-state index contributed by atoms with van der Waals surface area (Å²) in [5.41, 5.74) is 6.83. The number of rotatable bonds is 2. The van der Waals surface area contributed by atoms with E-state index in [2.05, 4.69) is 15.1 Å². The van der Waals surface area contributed by atoms with Gasteiger partial charge in [-0.3, -0.25) is 0 Å². The van der Waals surface area contributed by atoms with Gasteiger partial charge in [-0.05, 0) is 18.2 Å². The molecular weight excluding hydrogens is 293 g/mol. The van der Waals surface area contributed by atoms with Crippen molar-refractivity contribution < 1.29 is 17.7 Å². The summed E-state index contributed by atoms with van der Waals surface area (Å²) < 4.78 is 42.3. The van der Waals surface area contributed by atoms with Crippen LogP contribution in [0.1, 0.15) is 5.82 Å². The van der Waals surface area contributed by atoms with Gasteiger partial charge in [0.2, 0.25) is 0 Å². The van der Waals surface area contributed by atoms with Gasteiger partial charge >= 0.3 is 6.18 Å². The molecule has 5 nitrogen and oxygen atoms in total. The lowest BCUT2D eigenvalue weighted by atomic mass is 10.2. The van der Waals surface area contributed by atoms with Crippen molar-refractivity contribution in [2.45, 2.75) is 12.6 Å². The molecule has 3 rings (SSSR count). The number of benzene rings is 1. The van der Waals surface area contributed by atoms with E-state index in [9.17, 15) is 13.2 Å². The molecule has 0 atom stereocenters. The summed E-state index contributed by atoms with van der Waals surface area (Å²) in [7, 11) is 0. The molecule has 0 aliphatic rings. The second kappa shape index (κ2) is 4.44. The predicted molar refractivity (Wildman–Crippen MR) is 67.1 cm³/mol. The van der Waals surface area contributed by atoms with Crippen LogP contribution in [0.25, 0.3) is 21.7 Å². The quantitative estimate of drug-likeness (QED) is 0.787. The van der Waals surface area contributed by atoms with Crippen LogP contribution in [-0.2, 0) is 6.42 Å². The topological polar surface area (TPSA) is 77.8 Å². The average Bonchev–Trinajstić information content (AvgIpc) is 2.91. The van der Waals surface area contributed by atoms with Gasteiger partial charge in [0.25, 0.3) is 5.89 Å². The molecule has 0 fully saturated rings. The van der Waals surface area contributed by atoms with Gasteiger partial charge in [-0.25, -0.2) is 4.98 Å². The normalized spacial score (nSPS) is 12.2. The second-order valence-electron chi connectivity index (χ2n) is 4.04. The van der Waals surface area contributed by atoms with Crippen molar-refractivity contribution in [2.24, 2.45) is 0 Å². The lowest BCUT2D eigenvalue weighted by Crippen LogP contribution is -2.12. The number of nitrogens with zero attached hydrogens (tertiary/aromatic N) is 3. The Morgan fingerprint density at radius 1 is 1.25 bits per heavy atom. The van der Waals surface area contributed by atoms with Crippen molar-refractivity contribution in [1.29, 1.82) is 0 Å². The molecule has 9 heteroatoms. The van der Waals surface area contributed by atoms with Crippen LogP contribution in [0.15, 0.2) is 22.7 Å². The molecular formula is C11H7F3N4OS. The highest BCUT2D eigenvalue weighted by Crippen LogP contribution is 2.29. The largest absolute Gasteiger partial charge is 0.396 e. The van der Waals surface area contributed by atoms with Crippen LogP contribution >= 0.6 is 11.3 Å². The molecule has 2 N–H and O–H groups in total. The van der Waals surface area contributed by atoms with Crippen LogP contribution < -0.4 is 5.73 Å². The van der Waals surface area contributed by atoms with E-state index in [-0.39, 0.29) is 5.89 Å². The Hall–Kier alpha value is -2.16. The maximum Gasteiger partial charge on any atom is 0.396 e. The number of halogens is 3. The third-order valence-corrected chi connectivity index (χ3v) is 3.33. The summed E-state index contributed by atoms with van der Waals surface area (Å²) >= 11 is 1.27. The first-order chi connectivity index (χ1) is 9.40. The van der Waals surface area contributed by atoms with Gasteiger partial charge in [-0.15, -0.1) is 0 Å². The highest BCUT2D eigenvalue weighted by atomic mass is 32.1. The molecule has 0 aliphatic heterocycles. The Labute approximate surface area is 114 Å². The molecule has 104 valence electrons. The van der Waals surface area contributed by atoms with Crippen LogP contribution in [-0.4, -0.2) is 21.3 Å². The minimum absolute atomic E-state index is 0.0399. The van der Waals surface area contributed by atoms with E-state index < -0.39 is 18.4 Å². The highest BCUT2D eigenvalue weighted by Gasteiger charge is 2.30. The van der Waals surface area contributed by atoms with Crippen LogP contribution in [0, 0.1) is 0 Å². The van der Waals surface area contributed by atoms with Gasteiger partial charge in [0.15, 0.2) is 11.0 Å². The minimum atomic E-state index is -4.36. The Bertz CT molecular complexity index is 764. The summed E-state index contributed by atoms with van der Waals surface area (Å²) in [6.07, 6.45) is -5.58. The third-order valence-electron chi connectivity index (χ3n) is 2.48. The maximum atomic E-state index is 12.2. The number of aromatic nitrogens is 3. The molecule has 2 aromatic heterocycles. The maximum absolute atomic E-state index is 12.2. The standard InChI is InChI=1S/C11H7F3N4OS/c12-11(13,14)4-8-17-9(19-18-8)5-1-2-6-7(3-5)20-10(15)16-6/h1-3H,4H2,(H2,15,16). The first kappa shape index (κ1) is 12.9. The Kier molecular flexibility index (Phi) is 2.85. The van der Waals surface area contributed by atoms with Crippen molar-refractivity contribution in [3.8, 4) is 11.5 Å². The summed E-state index contributed by atoms with van der Waals surface area (Å²) in [5, 5.41) is 3.74. The Morgan fingerprint density at radius 2 is 2.05 bits per heavy atom. The molecule has 0 amide bonds. The monoisotopic (exact) mass is 300 g/mol. The molecule has 0 aliphatic carbocycles. The highest BCUT2D eigenvalue weighted by molar-refractivity contribution is 7.22. The summed E-state index contributed by atoms with van der Waals surface area (Å²) in [6.45, 7) is 0. The first-order valence-corrected chi connectivity index (χ1v) is 6.28. The van der Waals surface area contributed by atoms with Crippen LogP contribution in [0.5, 0.6) is 0 Å². The van der Waals surface area contributed by atoms with E-state index in [0.717, 1.165) is 4.70 Å². The van der Waals surface area contributed by atoms with E-state index in [1.165, 1.54) is 11.3 Å². The predicted octanol–water partition coefficient (Wildman–Crippen LogP) is 3.03. The fourth-order valence-corrected chi connectivity index (χ4v) is 2.47. The number of nitrogens with two attached hydrogens (primary N) is 1. The zero-order valence-corrected chi connectivity index (χ0v) is 10.6. The SMILES string of the molecule is Nc1nc2ccc(-c3nc(CC(F)(F)F)no3)cc2s1. The number of hydrogen-bond donors (Lipinski definition) is 1. The molecule has 0 bridgehead atoms. The van der Waals surface area contributed by atoms with Gasteiger partial charge < -0.3 is 10.3 Å². The molecule has 0 saturated heterocycles. The second-order valence-corrected chi connectivity index (χ2v) is 5.10. The number of fused-ring (bicyclic) bond motifs is 1. The van der Waals surface area contributed by atoms with Crippen molar-refractivity contribution in [3.63, 3.8) is 0 Å². The molecule has 0 radical (unpaired) electrons. The van der Waals surface area contributed by atoms with Gasteiger partial charge in [0, 0.05) is 5.56 Å². The number of hydrogen-bond acceptors (Lipinski definition) is 6. The molecule has 0 spiro atoms. The molecule has 0 unspecified atom stereocenters. The van der Waals surface area contributed by atoms with Gasteiger partial charge in [0.05, 0.1) is 10.2 Å². The van der Waals surface area contributed by atoms with Crippen LogP contribution in [0.2, 0.25) is 0 Å². The third kappa shape index (κ3) is 2.57. The summed E-state index contributed by atoms with van der Waals surface area (Å²) in [4.78, 5) is 7.82. The lowest BCUT2D eigenvalue weighted by molar-refractivity contribution is -0.128.